The Hall–Kier alpha value is -1.81. The highest BCUT2D eigenvalue weighted by Gasteiger charge is 1.92. The number of hydrogen-bond donors (Lipinski definition) is 0. The van der Waals surface area contributed by atoms with Crippen molar-refractivity contribution in [2.75, 3.05) is 0 Å². The van der Waals surface area contributed by atoms with Crippen molar-refractivity contribution in [1.82, 2.24) is 0 Å². The zero-order chi connectivity index (χ0) is 8.39. The lowest BCUT2D eigenvalue weighted by Crippen LogP contribution is -1.74. The van der Waals surface area contributed by atoms with Gasteiger partial charge in [0.25, 0.3) is 0 Å². The second-order valence-corrected chi connectivity index (χ2v) is 2.67. The molecule has 0 N–H and O–H groups in total. The van der Waals surface area contributed by atoms with E-state index in [9.17, 15) is 0 Å². The van der Waals surface area contributed by atoms with E-state index in [1.165, 1.54) is 5.39 Å². The molecule has 0 aliphatic rings. The van der Waals surface area contributed by atoms with Gasteiger partial charge in [-0.1, -0.05) is 30.3 Å². The Bertz CT molecular complexity index is 452. The van der Waals surface area contributed by atoms with Crippen LogP contribution in [-0.2, 0) is 0 Å². The van der Waals surface area contributed by atoms with Crippen molar-refractivity contribution >= 4 is 10.8 Å². The Morgan fingerprint density at radius 1 is 0.917 bits per heavy atom. The Morgan fingerprint density at radius 3 is 2.42 bits per heavy atom. The molecule has 12 heavy (non-hydrogen) atoms. The van der Waals surface area contributed by atoms with Crippen LogP contribution in [0.3, 0.4) is 0 Å². The molecule has 0 radical (unpaired) electrons. The Morgan fingerprint density at radius 2 is 1.67 bits per heavy atom. The van der Waals surface area contributed by atoms with E-state index in [0.717, 1.165) is 5.39 Å². The number of nitrogens with zero attached hydrogens (tertiary/aromatic N) is 1. The van der Waals surface area contributed by atoms with Crippen LogP contribution in [-0.4, -0.2) is 0 Å². The summed E-state index contributed by atoms with van der Waals surface area (Å²) in [5.74, 6) is 0. The lowest BCUT2D eigenvalue weighted by Gasteiger charge is -1.95. The molecule has 2 aromatic rings. The molecule has 0 saturated heterocycles. The molecule has 2 aromatic carbocycles. The Labute approximate surface area is 70.9 Å². The summed E-state index contributed by atoms with van der Waals surface area (Å²) < 4.78 is 0. The van der Waals surface area contributed by atoms with Gasteiger partial charge in [-0.3, -0.25) is 0 Å². The second-order valence-electron chi connectivity index (χ2n) is 2.67. The summed E-state index contributed by atoms with van der Waals surface area (Å²) >= 11 is 0. The fourth-order valence-electron chi connectivity index (χ4n) is 1.26. The topological polar surface area (TPSA) is 23.8 Å². The van der Waals surface area contributed by atoms with Gasteiger partial charge in [-0.15, -0.1) is 0 Å². The van der Waals surface area contributed by atoms with Gasteiger partial charge in [-0.05, 0) is 22.9 Å². The quantitative estimate of drug-likeness (QED) is 0.535. The highest BCUT2D eigenvalue weighted by Crippen LogP contribution is 2.14. The number of benzene rings is 2. The molecule has 0 heterocycles. The summed E-state index contributed by atoms with van der Waals surface area (Å²) in [4.78, 5) is 0. The first-order valence-corrected chi connectivity index (χ1v) is 3.79. The molecule has 0 aliphatic carbocycles. The van der Waals surface area contributed by atoms with Crippen LogP contribution in [0.5, 0.6) is 0 Å². The molecule has 2 rings (SSSR count). The van der Waals surface area contributed by atoms with E-state index < -0.39 is 0 Å². The summed E-state index contributed by atoms with van der Waals surface area (Å²) in [6.07, 6.45) is 0. The van der Waals surface area contributed by atoms with Crippen LogP contribution in [0.4, 0.5) is 0 Å². The molecule has 0 fully saturated rings. The standard InChI is InChI=1S/C11H7N/c12-8-9-5-6-10-3-1-2-4-11(10)7-9/h1-7H/i8+1. The fraction of sp³-hybridized carbons (Fsp3) is 0. The number of nitriles is 1. The Balaban J connectivity index is 2.78. The van der Waals surface area contributed by atoms with Crippen LogP contribution in [0, 0.1) is 11.3 Å². The number of hydrogen-bond acceptors (Lipinski definition) is 1. The van der Waals surface area contributed by atoms with Crippen LogP contribution < -0.4 is 0 Å². The SMILES string of the molecule is N#[13C]c1ccc2ccccc2c1. The Kier molecular flexibility index (Phi) is 1.53. The normalized spacial score (nSPS) is 9.58. The summed E-state index contributed by atoms with van der Waals surface area (Å²) in [6.45, 7) is 0. The highest BCUT2D eigenvalue weighted by atomic mass is 14.4. The van der Waals surface area contributed by atoms with E-state index in [1.54, 1.807) is 0 Å². The van der Waals surface area contributed by atoms with Crippen molar-refractivity contribution in [3.8, 4) is 6.07 Å². The average Bonchev–Trinajstić information content (AvgIpc) is 2.17. The van der Waals surface area contributed by atoms with Gasteiger partial charge in [0.05, 0.1) is 11.6 Å². The minimum atomic E-state index is 0.716. The molecule has 0 atom stereocenters. The van der Waals surface area contributed by atoms with Crippen molar-refractivity contribution in [1.29, 1.82) is 5.26 Å². The van der Waals surface area contributed by atoms with Gasteiger partial charge in [0.15, 0.2) is 0 Å². The lowest BCUT2D eigenvalue weighted by atomic mass is 10.1. The molecule has 0 aliphatic heterocycles. The molecule has 1 heteroatoms. The third-order valence-electron chi connectivity index (χ3n) is 1.88. The first kappa shape index (κ1) is 6.87. The van der Waals surface area contributed by atoms with E-state index >= 15 is 0 Å². The van der Waals surface area contributed by atoms with Crippen LogP contribution in [0.15, 0.2) is 42.5 Å². The number of rotatable bonds is 0. The monoisotopic (exact) mass is 154 g/mol. The largest absolute Gasteiger partial charge is 0.192 e. The molecule has 1 nitrogen and oxygen atoms in total. The lowest BCUT2D eigenvalue weighted by molar-refractivity contribution is 1.50. The van der Waals surface area contributed by atoms with Crippen LogP contribution in [0.25, 0.3) is 10.8 Å². The smallest absolute Gasteiger partial charge is 0.0991 e. The van der Waals surface area contributed by atoms with Crippen LogP contribution in [0.1, 0.15) is 5.56 Å². The van der Waals surface area contributed by atoms with E-state index in [-0.39, 0.29) is 0 Å². The third kappa shape index (κ3) is 1.04. The van der Waals surface area contributed by atoms with Crippen molar-refractivity contribution < 1.29 is 0 Å². The van der Waals surface area contributed by atoms with Crippen molar-refractivity contribution in [3.05, 3.63) is 48.0 Å². The van der Waals surface area contributed by atoms with Gasteiger partial charge in [0.2, 0.25) is 0 Å². The van der Waals surface area contributed by atoms with E-state index in [0.29, 0.717) is 5.56 Å². The van der Waals surface area contributed by atoms with Gasteiger partial charge in [0.1, 0.15) is 0 Å². The molecular formula is C11H7N. The molecule has 0 bridgehead atoms. The fourth-order valence-corrected chi connectivity index (χ4v) is 1.26. The van der Waals surface area contributed by atoms with Crippen LogP contribution in [0.2, 0.25) is 0 Å². The highest BCUT2D eigenvalue weighted by molar-refractivity contribution is 5.83. The third-order valence-corrected chi connectivity index (χ3v) is 1.88. The predicted octanol–water partition coefficient (Wildman–Crippen LogP) is 2.71. The molecule has 0 amide bonds. The van der Waals surface area contributed by atoms with Crippen molar-refractivity contribution in [2.45, 2.75) is 0 Å². The van der Waals surface area contributed by atoms with E-state index in [2.05, 4.69) is 6.07 Å². The van der Waals surface area contributed by atoms with Gasteiger partial charge >= 0.3 is 0 Å². The minimum Gasteiger partial charge on any atom is -0.192 e. The zero-order valence-corrected chi connectivity index (χ0v) is 6.49. The summed E-state index contributed by atoms with van der Waals surface area (Å²) in [5.41, 5.74) is 0.716. The minimum absolute atomic E-state index is 0.716. The maximum atomic E-state index is 8.65. The molecular weight excluding hydrogens is 147 g/mol. The maximum absolute atomic E-state index is 8.65. The molecule has 0 unspecified atom stereocenters. The summed E-state index contributed by atoms with van der Waals surface area (Å²) in [6, 6.07) is 15.8. The predicted molar refractivity (Wildman–Crippen MR) is 48.7 cm³/mol. The molecule has 0 saturated carbocycles. The van der Waals surface area contributed by atoms with Gasteiger partial charge in [-0.2, -0.15) is 5.26 Å². The second kappa shape index (κ2) is 2.67. The first-order chi connectivity index (χ1) is 5.90. The average molecular weight is 154 g/mol. The van der Waals surface area contributed by atoms with Crippen molar-refractivity contribution in [2.24, 2.45) is 0 Å². The van der Waals surface area contributed by atoms with E-state index in [1.807, 2.05) is 42.5 Å². The van der Waals surface area contributed by atoms with E-state index in [4.69, 9.17) is 5.26 Å². The van der Waals surface area contributed by atoms with Crippen molar-refractivity contribution in [3.63, 3.8) is 0 Å². The number of fused-ring (bicyclic) bond motifs is 1. The molecule has 0 spiro atoms. The van der Waals surface area contributed by atoms with Gasteiger partial charge < -0.3 is 0 Å². The molecule has 0 aromatic heterocycles. The summed E-state index contributed by atoms with van der Waals surface area (Å²) in [7, 11) is 0. The van der Waals surface area contributed by atoms with Gasteiger partial charge in [0, 0.05) is 0 Å². The van der Waals surface area contributed by atoms with Gasteiger partial charge in [-0.25, -0.2) is 0 Å². The van der Waals surface area contributed by atoms with Crippen LogP contribution >= 0.6 is 0 Å². The first-order valence-electron chi connectivity index (χ1n) is 3.79. The zero-order valence-electron chi connectivity index (χ0n) is 6.49. The molecule has 56 valence electrons. The summed E-state index contributed by atoms with van der Waals surface area (Å²) in [5, 5.41) is 10.9. The maximum Gasteiger partial charge on any atom is 0.0991 e.